The van der Waals surface area contributed by atoms with Crippen LogP contribution in [0.25, 0.3) is 0 Å². The van der Waals surface area contributed by atoms with Gasteiger partial charge in [-0.1, -0.05) is 272 Å². The van der Waals surface area contributed by atoms with Gasteiger partial charge in [0.1, 0.15) is 19.3 Å². The average Bonchev–Trinajstić information content (AvgIpc) is 3.44. The highest BCUT2D eigenvalue weighted by Crippen LogP contribution is 2.43. The summed E-state index contributed by atoms with van der Waals surface area (Å²) in [7, 11) is 1.45. The van der Waals surface area contributed by atoms with Gasteiger partial charge in [0.25, 0.3) is 0 Å². The topological polar surface area (TPSA) is 111 Å². The van der Waals surface area contributed by atoms with Gasteiger partial charge in [-0.25, -0.2) is 4.57 Å². The van der Waals surface area contributed by atoms with Crippen molar-refractivity contribution in [2.75, 3.05) is 40.9 Å². The number of hydrogen-bond donors (Lipinski definition) is 2. The van der Waals surface area contributed by atoms with Crippen LogP contribution in [0.5, 0.6) is 0 Å². The number of quaternary nitrogens is 1. The number of carbonyl (C=O) groups is 2. The molecule has 0 saturated carbocycles. The second kappa shape index (κ2) is 59.8. The van der Waals surface area contributed by atoms with E-state index >= 15 is 0 Å². The molecular formula is C71H126N2O7P+. The molecule has 10 heteroatoms. The Morgan fingerprint density at radius 1 is 0.444 bits per heavy atom. The fourth-order valence-corrected chi connectivity index (χ4v) is 9.85. The minimum atomic E-state index is -4.47. The monoisotopic (exact) mass is 1150 g/mol. The molecule has 0 fully saturated rings. The molecule has 0 aliphatic rings. The van der Waals surface area contributed by atoms with E-state index in [0.717, 1.165) is 83.5 Å². The lowest BCUT2D eigenvalue weighted by Gasteiger charge is -2.27. The molecule has 3 unspecified atom stereocenters. The van der Waals surface area contributed by atoms with E-state index < -0.39 is 25.9 Å². The Bertz CT molecular complexity index is 1750. The normalized spacial score (nSPS) is 14.3. The van der Waals surface area contributed by atoms with E-state index in [2.05, 4.69) is 117 Å². The third kappa shape index (κ3) is 61.1. The van der Waals surface area contributed by atoms with Gasteiger partial charge in [-0.05, 0) is 102 Å². The Morgan fingerprint density at radius 3 is 1.23 bits per heavy atom. The van der Waals surface area contributed by atoms with Crippen LogP contribution >= 0.6 is 7.82 Å². The zero-order valence-electron chi connectivity index (χ0n) is 53.2. The Morgan fingerprint density at radius 2 is 0.802 bits per heavy atom. The molecule has 0 aliphatic heterocycles. The Kier molecular flexibility index (Phi) is 57.4. The molecule has 0 aliphatic carbocycles. The van der Waals surface area contributed by atoms with Gasteiger partial charge in [0, 0.05) is 12.8 Å². The first-order valence-corrected chi connectivity index (χ1v) is 34.7. The number of carbonyl (C=O) groups excluding carboxylic acids is 2. The summed E-state index contributed by atoms with van der Waals surface area (Å²) in [6.45, 7) is 6.83. The van der Waals surface area contributed by atoms with Crippen molar-refractivity contribution < 1.29 is 37.3 Å². The van der Waals surface area contributed by atoms with E-state index in [9.17, 15) is 19.0 Å². The summed E-state index contributed by atoms with van der Waals surface area (Å²) in [6.07, 6.45) is 82.6. The summed E-state index contributed by atoms with van der Waals surface area (Å²) >= 11 is 0. The van der Waals surface area contributed by atoms with Gasteiger partial charge >= 0.3 is 13.8 Å². The molecule has 9 nitrogen and oxygen atoms in total. The molecule has 0 aromatic carbocycles. The van der Waals surface area contributed by atoms with Gasteiger partial charge in [0.2, 0.25) is 5.91 Å². The lowest BCUT2D eigenvalue weighted by atomic mass is 10.0. The molecule has 0 bridgehead atoms. The van der Waals surface area contributed by atoms with E-state index in [-0.39, 0.29) is 25.5 Å². The Hall–Kier alpha value is -3.33. The molecule has 0 radical (unpaired) electrons. The van der Waals surface area contributed by atoms with E-state index in [1.54, 1.807) is 0 Å². The number of likely N-dealkylation sites (N-methyl/N-ethyl adjacent to an activating group) is 1. The molecule has 0 spiro atoms. The number of hydrogen-bond acceptors (Lipinski definition) is 6. The molecule has 2 N–H and O–H groups in total. The third-order valence-corrected chi connectivity index (χ3v) is 15.2. The smallest absolute Gasteiger partial charge is 0.456 e. The van der Waals surface area contributed by atoms with Crippen LogP contribution in [0.2, 0.25) is 0 Å². The lowest BCUT2D eigenvalue weighted by molar-refractivity contribution is -0.870. The molecule has 466 valence electrons. The minimum Gasteiger partial charge on any atom is -0.456 e. The van der Waals surface area contributed by atoms with Crippen molar-refractivity contribution in [2.24, 2.45) is 0 Å². The fraction of sp³-hybridized carbons (Fsp3) is 0.718. The number of amides is 1. The van der Waals surface area contributed by atoms with Gasteiger partial charge in [-0.3, -0.25) is 18.6 Å². The van der Waals surface area contributed by atoms with E-state index in [4.69, 9.17) is 13.8 Å². The first-order valence-electron chi connectivity index (χ1n) is 33.2. The van der Waals surface area contributed by atoms with E-state index in [1.807, 2.05) is 39.4 Å². The summed E-state index contributed by atoms with van der Waals surface area (Å²) in [4.78, 5) is 37.7. The summed E-state index contributed by atoms with van der Waals surface area (Å²) in [5.74, 6) is -0.604. The molecule has 0 heterocycles. The van der Waals surface area contributed by atoms with Crippen LogP contribution in [-0.2, 0) is 27.9 Å². The van der Waals surface area contributed by atoms with Crippen LogP contribution in [0.4, 0.5) is 0 Å². The molecule has 1 amide bonds. The van der Waals surface area contributed by atoms with E-state index in [1.165, 1.54) is 154 Å². The number of allylic oxidation sites excluding steroid dienone is 17. The highest BCUT2D eigenvalue weighted by atomic mass is 31.2. The van der Waals surface area contributed by atoms with Crippen LogP contribution < -0.4 is 5.32 Å². The zero-order valence-corrected chi connectivity index (χ0v) is 54.1. The maximum absolute atomic E-state index is 13.6. The number of ether oxygens (including phenoxy) is 1. The molecule has 0 saturated heterocycles. The third-order valence-electron chi connectivity index (χ3n) is 14.2. The van der Waals surface area contributed by atoms with Crippen molar-refractivity contribution in [3.8, 4) is 0 Å². The highest BCUT2D eigenvalue weighted by Gasteiger charge is 2.30. The summed E-state index contributed by atoms with van der Waals surface area (Å²) in [5.41, 5.74) is 0. The average molecular weight is 1150 g/mol. The number of nitrogens with one attached hydrogen (secondary N) is 1. The van der Waals surface area contributed by atoms with Crippen LogP contribution in [0, 0.1) is 0 Å². The van der Waals surface area contributed by atoms with Gasteiger partial charge in [-0.2, -0.15) is 0 Å². The van der Waals surface area contributed by atoms with E-state index in [0.29, 0.717) is 23.9 Å². The number of phosphoric acid groups is 1. The number of nitrogens with zero attached hydrogens (tertiary/aromatic N) is 1. The van der Waals surface area contributed by atoms with Crippen LogP contribution in [0.15, 0.2) is 109 Å². The largest absolute Gasteiger partial charge is 0.472 e. The second-order valence-electron chi connectivity index (χ2n) is 23.3. The van der Waals surface area contributed by atoms with Gasteiger partial charge in [0.05, 0.1) is 33.8 Å². The molecule has 0 aromatic rings. The SMILES string of the molecule is CC/C=C\C/C=C\C/C=C\C/C=C\C/C=C\C/C=C\CCC(=O)OC(/C=C\CCCCCCCCCCC)C(COP(=O)(O)OCC[N+](C)(C)C)NC(=O)CCCCCCCCCCCCCCCCC/C=C\C/C=C\CCCCC. The van der Waals surface area contributed by atoms with Crippen LogP contribution in [0.3, 0.4) is 0 Å². The minimum absolute atomic E-state index is 0.0248. The molecule has 0 aromatic heterocycles. The Labute approximate surface area is 500 Å². The predicted molar refractivity (Wildman–Crippen MR) is 350 cm³/mol. The number of rotatable bonds is 59. The number of phosphoric ester groups is 1. The molecule has 0 rings (SSSR count). The maximum Gasteiger partial charge on any atom is 0.472 e. The van der Waals surface area contributed by atoms with Crippen molar-refractivity contribution in [3.05, 3.63) is 109 Å². The van der Waals surface area contributed by atoms with Crippen molar-refractivity contribution in [2.45, 2.75) is 290 Å². The first kappa shape index (κ1) is 77.7. The quantitative estimate of drug-likeness (QED) is 0.0205. The number of esters is 1. The summed E-state index contributed by atoms with van der Waals surface area (Å²) in [5, 5.41) is 3.04. The van der Waals surface area contributed by atoms with Gasteiger partial charge in [0.15, 0.2) is 0 Å². The maximum atomic E-state index is 13.6. The van der Waals surface area contributed by atoms with Gasteiger partial charge in [-0.15, -0.1) is 0 Å². The number of unbranched alkanes of at least 4 members (excludes halogenated alkanes) is 27. The Balaban J connectivity index is 5.17. The standard InChI is InChI=1S/C71H125N2O7P/c1-7-10-13-16-19-22-25-27-29-31-33-34-35-36-37-38-40-41-43-45-48-51-54-57-60-63-70(74)72-68(67-79-81(76,77)78-66-65-73(4,5)6)69(62-59-56-53-50-47-24-21-18-15-12-9-3)80-71(75)64-61-58-55-52-49-46-44-42-39-32-30-28-26-23-20-17-14-11-8-2/h11,14,19-20,22-23,27-30,39,42,46,49,55,58-59,62,68-69H,7-10,12-13,15-18,21,24-26,31-38,40-41,43-45,47-48,50-54,56-57,60-61,63-67H2,1-6H3,(H-,72,74,76,77)/p+1/b14-11-,22-19-,23-20-,29-27-,30-28-,42-39-,49-46-,58-55-,62-59-. The second-order valence-corrected chi connectivity index (χ2v) is 24.7. The van der Waals surface area contributed by atoms with Crippen LogP contribution in [-0.4, -0.2) is 74.3 Å². The summed E-state index contributed by atoms with van der Waals surface area (Å²) < 4.78 is 30.7. The predicted octanol–water partition coefficient (Wildman–Crippen LogP) is 20.9. The first-order chi connectivity index (χ1) is 39.4. The fourth-order valence-electron chi connectivity index (χ4n) is 9.11. The highest BCUT2D eigenvalue weighted by molar-refractivity contribution is 7.47. The van der Waals surface area contributed by atoms with Gasteiger partial charge < -0.3 is 19.4 Å². The molecular weight excluding hydrogens is 1020 g/mol. The zero-order chi connectivity index (χ0) is 59.3. The van der Waals surface area contributed by atoms with Crippen molar-refractivity contribution >= 4 is 19.7 Å². The summed E-state index contributed by atoms with van der Waals surface area (Å²) in [6, 6.07) is -0.885. The molecule has 3 atom stereocenters. The van der Waals surface area contributed by atoms with Crippen molar-refractivity contribution in [1.29, 1.82) is 0 Å². The molecule has 81 heavy (non-hydrogen) atoms. The lowest BCUT2D eigenvalue weighted by Crippen LogP contribution is -2.47. The van der Waals surface area contributed by atoms with Crippen LogP contribution in [0.1, 0.15) is 278 Å². The van der Waals surface area contributed by atoms with Crippen molar-refractivity contribution in [3.63, 3.8) is 0 Å². The van der Waals surface area contributed by atoms with Crippen molar-refractivity contribution in [1.82, 2.24) is 5.32 Å².